The minimum absolute atomic E-state index is 0.0308. The molecule has 0 spiro atoms. The van der Waals surface area contributed by atoms with Gasteiger partial charge in [0.2, 0.25) is 0 Å². The van der Waals surface area contributed by atoms with Gasteiger partial charge >= 0.3 is 0 Å². The number of aromatic nitrogens is 2. The fourth-order valence-corrected chi connectivity index (χ4v) is 4.20. The summed E-state index contributed by atoms with van der Waals surface area (Å²) in [5.41, 5.74) is 6.59. The van der Waals surface area contributed by atoms with E-state index in [2.05, 4.69) is 53.5 Å². The van der Waals surface area contributed by atoms with Gasteiger partial charge in [-0.3, -0.25) is 9.89 Å². The summed E-state index contributed by atoms with van der Waals surface area (Å²) >= 11 is 0. The van der Waals surface area contributed by atoms with E-state index < -0.39 is 0 Å². The lowest BCUT2D eigenvalue weighted by atomic mass is 9.95. The molecular weight excluding hydrogens is 386 g/mol. The highest BCUT2D eigenvalue weighted by Crippen LogP contribution is 2.43. The summed E-state index contributed by atoms with van der Waals surface area (Å²) < 4.78 is 5.29. The number of aromatic amines is 1. The van der Waals surface area contributed by atoms with Crippen LogP contribution < -0.4 is 4.74 Å². The number of H-pyrrole nitrogens is 1. The Kier molecular flexibility index (Phi) is 4.79. The van der Waals surface area contributed by atoms with Crippen LogP contribution >= 0.6 is 0 Å². The molecule has 0 aliphatic carbocycles. The van der Waals surface area contributed by atoms with Crippen molar-refractivity contribution >= 4 is 5.91 Å². The molecule has 3 aromatic carbocycles. The van der Waals surface area contributed by atoms with Gasteiger partial charge in [-0.2, -0.15) is 5.10 Å². The minimum atomic E-state index is -0.209. The highest BCUT2D eigenvalue weighted by molar-refractivity contribution is 6.00. The zero-order valence-corrected chi connectivity index (χ0v) is 17.5. The first-order valence-electron chi connectivity index (χ1n) is 10.3. The van der Waals surface area contributed by atoms with Crippen molar-refractivity contribution in [2.75, 3.05) is 7.11 Å². The van der Waals surface area contributed by atoms with Gasteiger partial charge in [0.15, 0.2) is 0 Å². The number of fused-ring (bicyclic) bond motifs is 1. The van der Waals surface area contributed by atoms with Gasteiger partial charge in [-0.1, -0.05) is 60.2 Å². The number of carbonyl (C=O) groups is 1. The fraction of sp³-hybridized carbons (Fsp3) is 0.154. The molecule has 5 nitrogen and oxygen atoms in total. The molecule has 1 N–H and O–H groups in total. The van der Waals surface area contributed by atoms with Gasteiger partial charge in [-0.15, -0.1) is 0 Å². The smallest absolute Gasteiger partial charge is 0.273 e. The van der Waals surface area contributed by atoms with Crippen LogP contribution in [0.5, 0.6) is 5.75 Å². The Morgan fingerprint density at radius 2 is 1.68 bits per heavy atom. The van der Waals surface area contributed by atoms with Gasteiger partial charge in [-0.05, 0) is 42.3 Å². The lowest BCUT2D eigenvalue weighted by Crippen LogP contribution is -2.29. The van der Waals surface area contributed by atoms with E-state index in [0.29, 0.717) is 12.2 Å². The second kappa shape index (κ2) is 7.76. The van der Waals surface area contributed by atoms with Crippen LogP contribution in [-0.2, 0) is 6.54 Å². The van der Waals surface area contributed by atoms with Crippen molar-refractivity contribution in [3.8, 4) is 17.0 Å². The van der Waals surface area contributed by atoms with Crippen molar-refractivity contribution < 1.29 is 9.53 Å². The second-order valence-electron chi connectivity index (χ2n) is 7.82. The first-order valence-corrected chi connectivity index (χ1v) is 10.3. The molecule has 154 valence electrons. The monoisotopic (exact) mass is 409 g/mol. The third-order valence-corrected chi connectivity index (χ3v) is 5.82. The summed E-state index contributed by atoms with van der Waals surface area (Å²) in [5, 5.41) is 7.55. The number of amides is 1. The molecule has 0 radical (unpaired) electrons. The number of carbonyl (C=O) groups excluding carboxylic acids is 1. The van der Waals surface area contributed by atoms with E-state index in [1.807, 2.05) is 47.4 Å². The van der Waals surface area contributed by atoms with Crippen LogP contribution in [0.2, 0.25) is 0 Å². The Labute approximate surface area is 181 Å². The predicted molar refractivity (Wildman–Crippen MR) is 120 cm³/mol. The van der Waals surface area contributed by atoms with Gasteiger partial charge in [0.25, 0.3) is 5.91 Å². The fourth-order valence-electron chi connectivity index (χ4n) is 4.20. The Balaban J connectivity index is 1.63. The number of aryl methyl sites for hydroxylation is 1. The number of methoxy groups -OCH3 is 1. The molecule has 1 aliphatic heterocycles. The maximum absolute atomic E-state index is 13.4. The molecule has 0 fully saturated rings. The van der Waals surface area contributed by atoms with E-state index >= 15 is 0 Å². The molecule has 1 atom stereocenters. The summed E-state index contributed by atoms with van der Waals surface area (Å²) in [4.78, 5) is 15.4. The van der Waals surface area contributed by atoms with Crippen LogP contribution in [0.15, 0.2) is 78.9 Å². The number of nitrogens with one attached hydrogen (secondary N) is 1. The van der Waals surface area contributed by atoms with E-state index in [4.69, 9.17) is 4.74 Å². The highest BCUT2D eigenvalue weighted by Gasteiger charge is 2.42. The van der Waals surface area contributed by atoms with Crippen molar-refractivity contribution in [1.82, 2.24) is 15.1 Å². The van der Waals surface area contributed by atoms with Gasteiger partial charge in [0, 0.05) is 17.7 Å². The molecule has 0 saturated heterocycles. The van der Waals surface area contributed by atoms with Crippen LogP contribution in [0, 0.1) is 6.92 Å². The standard InChI is InChI=1S/C26H23N3O2/c1-17-8-10-20(11-9-17)25-22-23(19-12-14-21(31-2)15-13-19)27-28-24(22)26(30)29(25)16-18-6-4-3-5-7-18/h3-15,25H,16H2,1-2H3,(H,27,28). The maximum atomic E-state index is 13.4. The quantitative estimate of drug-likeness (QED) is 0.497. The van der Waals surface area contributed by atoms with Crippen molar-refractivity contribution in [1.29, 1.82) is 0 Å². The van der Waals surface area contributed by atoms with Gasteiger partial charge in [0.05, 0.1) is 18.8 Å². The molecule has 2 heterocycles. The Morgan fingerprint density at radius 1 is 0.968 bits per heavy atom. The van der Waals surface area contributed by atoms with Crippen LogP contribution in [0.4, 0.5) is 0 Å². The third-order valence-electron chi connectivity index (χ3n) is 5.82. The topological polar surface area (TPSA) is 58.2 Å². The minimum Gasteiger partial charge on any atom is -0.497 e. The van der Waals surface area contributed by atoms with Crippen molar-refractivity contribution in [3.63, 3.8) is 0 Å². The largest absolute Gasteiger partial charge is 0.497 e. The first-order chi connectivity index (χ1) is 15.2. The van der Waals surface area contributed by atoms with Gasteiger partial charge < -0.3 is 9.64 Å². The second-order valence-corrected chi connectivity index (χ2v) is 7.82. The van der Waals surface area contributed by atoms with E-state index in [9.17, 15) is 4.79 Å². The van der Waals surface area contributed by atoms with E-state index in [-0.39, 0.29) is 11.9 Å². The number of ether oxygens (including phenoxy) is 1. The summed E-state index contributed by atoms with van der Waals surface area (Å²) in [6, 6.07) is 26.0. The van der Waals surface area contributed by atoms with Crippen LogP contribution in [0.25, 0.3) is 11.3 Å². The average Bonchev–Trinajstić information content (AvgIpc) is 3.35. The maximum Gasteiger partial charge on any atom is 0.273 e. The Bertz CT molecular complexity index is 1210. The summed E-state index contributed by atoms with van der Waals surface area (Å²) in [6.07, 6.45) is 0. The molecule has 5 rings (SSSR count). The molecule has 0 saturated carbocycles. The van der Waals surface area contributed by atoms with Crippen molar-refractivity contribution in [2.24, 2.45) is 0 Å². The molecular formula is C26H23N3O2. The SMILES string of the molecule is COc1ccc(-c2n[nH]c3c2C(c2ccc(C)cc2)N(Cc2ccccc2)C3=O)cc1. The molecule has 4 aromatic rings. The molecule has 1 aliphatic rings. The third kappa shape index (κ3) is 3.38. The van der Waals surface area contributed by atoms with Crippen molar-refractivity contribution in [3.05, 3.63) is 107 Å². The van der Waals surface area contributed by atoms with Gasteiger partial charge in [-0.25, -0.2) is 0 Å². The predicted octanol–water partition coefficient (Wildman–Crippen LogP) is 5.14. The summed E-state index contributed by atoms with van der Waals surface area (Å²) in [6.45, 7) is 2.60. The number of benzene rings is 3. The van der Waals surface area contributed by atoms with E-state index in [1.165, 1.54) is 5.56 Å². The lowest BCUT2D eigenvalue weighted by Gasteiger charge is -2.26. The molecule has 5 heteroatoms. The first kappa shape index (κ1) is 19.1. The number of nitrogens with zero attached hydrogens (tertiary/aromatic N) is 2. The molecule has 1 unspecified atom stereocenters. The number of rotatable bonds is 5. The molecule has 1 amide bonds. The molecule has 31 heavy (non-hydrogen) atoms. The van der Waals surface area contributed by atoms with E-state index in [0.717, 1.165) is 33.7 Å². The zero-order valence-electron chi connectivity index (χ0n) is 17.5. The van der Waals surface area contributed by atoms with Crippen molar-refractivity contribution in [2.45, 2.75) is 19.5 Å². The summed E-state index contributed by atoms with van der Waals surface area (Å²) in [7, 11) is 1.65. The Hall–Kier alpha value is -3.86. The number of hydrogen-bond acceptors (Lipinski definition) is 3. The average molecular weight is 409 g/mol. The van der Waals surface area contributed by atoms with Crippen LogP contribution in [0.3, 0.4) is 0 Å². The summed E-state index contributed by atoms with van der Waals surface area (Å²) in [5.74, 6) is 0.754. The highest BCUT2D eigenvalue weighted by atomic mass is 16.5. The zero-order chi connectivity index (χ0) is 21.4. The van der Waals surface area contributed by atoms with Crippen LogP contribution in [-0.4, -0.2) is 28.1 Å². The van der Waals surface area contributed by atoms with Gasteiger partial charge in [0.1, 0.15) is 11.4 Å². The normalized spacial score (nSPS) is 15.2. The Morgan fingerprint density at radius 3 is 2.35 bits per heavy atom. The molecule has 1 aromatic heterocycles. The molecule has 0 bridgehead atoms. The lowest BCUT2D eigenvalue weighted by molar-refractivity contribution is 0.0730. The van der Waals surface area contributed by atoms with E-state index in [1.54, 1.807) is 7.11 Å². The number of hydrogen-bond donors (Lipinski definition) is 1. The van der Waals surface area contributed by atoms with Crippen LogP contribution in [0.1, 0.15) is 38.8 Å².